The summed E-state index contributed by atoms with van der Waals surface area (Å²) in [5.74, 6) is 0.756. The molecule has 66 valence electrons. The summed E-state index contributed by atoms with van der Waals surface area (Å²) in [4.78, 5) is 0. The van der Waals surface area contributed by atoms with Crippen molar-refractivity contribution in [1.82, 2.24) is 0 Å². The highest BCUT2D eigenvalue weighted by Crippen LogP contribution is 2.11. The third-order valence-electron chi connectivity index (χ3n) is 1.90. The van der Waals surface area contributed by atoms with E-state index in [1.165, 1.54) is 17.5 Å². The zero-order valence-corrected chi connectivity index (χ0v) is 9.03. The van der Waals surface area contributed by atoms with Gasteiger partial charge >= 0.3 is 0 Å². The monoisotopic (exact) mass is 180 g/mol. The van der Waals surface area contributed by atoms with Gasteiger partial charge in [0, 0.05) is 0 Å². The molecule has 1 aromatic rings. The van der Waals surface area contributed by atoms with Crippen LogP contribution in [0.25, 0.3) is 0 Å². The van der Waals surface area contributed by atoms with E-state index < -0.39 is 0 Å². The second-order valence-electron chi connectivity index (χ2n) is 3.62. The number of rotatable bonds is 3. The minimum absolute atomic E-state index is 0.756. The van der Waals surface area contributed by atoms with Gasteiger partial charge in [0.05, 0.1) is 0 Å². The van der Waals surface area contributed by atoms with E-state index >= 15 is 0 Å². The van der Waals surface area contributed by atoms with E-state index in [0.717, 1.165) is 12.1 Å². The Hall–Kier alpha value is -0.350. The summed E-state index contributed by atoms with van der Waals surface area (Å²) >= 11 is 0. The van der Waals surface area contributed by atoms with Gasteiger partial charge in [-0.2, -0.15) is 0 Å². The molecule has 0 radical (unpaired) electrons. The van der Waals surface area contributed by atoms with Gasteiger partial charge in [-0.25, -0.2) is 0 Å². The first-order valence-electron chi connectivity index (χ1n) is 4.50. The van der Waals surface area contributed by atoms with Crippen LogP contribution in [-0.2, 0) is 12.6 Å². The molecule has 0 heterocycles. The third-order valence-corrected chi connectivity index (χ3v) is 2.37. The molecule has 0 aliphatic carbocycles. The Balaban J connectivity index is 2.65. The Morgan fingerprint density at radius 3 is 2.00 bits per heavy atom. The highest BCUT2D eigenvalue weighted by atomic mass is 31.0. The van der Waals surface area contributed by atoms with Gasteiger partial charge in [-0.1, -0.05) is 38.1 Å². The maximum atomic E-state index is 2.74. The minimum atomic E-state index is 0.756. The van der Waals surface area contributed by atoms with Crippen LogP contribution in [0.4, 0.5) is 0 Å². The van der Waals surface area contributed by atoms with E-state index in [2.05, 4.69) is 47.4 Å². The van der Waals surface area contributed by atoms with Crippen LogP contribution in [0.2, 0.25) is 0 Å². The lowest BCUT2D eigenvalue weighted by Gasteiger charge is -2.04. The van der Waals surface area contributed by atoms with Crippen molar-refractivity contribution < 1.29 is 0 Å². The van der Waals surface area contributed by atoms with Crippen molar-refractivity contribution in [2.45, 2.75) is 26.4 Å². The molecule has 0 bridgehead atoms. The van der Waals surface area contributed by atoms with Crippen molar-refractivity contribution >= 4 is 9.24 Å². The Morgan fingerprint density at radius 2 is 1.58 bits per heavy atom. The molecule has 1 heteroatoms. The number of benzene rings is 1. The van der Waals surface area contributed by atoms with Gasteiger partial charge in [0.2, 0.25) is 0 Å². The van der Waals surface area contributed by atoms with Crippen LogP contribution < -0.4 is 0 Å². The lowest BCUT2D eigenvalue weighted by atomic mass is 10.0. The SMILES string of the molecule is CC(C)Cc1ccc(CP)cc1. The molecule has 0 nitrogen and oxygen atoms in total. The van der Waals surface area contributed by atoms with Crippen LogP contribution in [0, 0.1) is 5.92 Å². The molecule has 0 N–H and O–H groups in total. The quantitative estimate of drug-likeness (QED) is 0.626. The van der Waals surface area contributed by atoms with Crippen LogP contribution in [-0.4, -0.2) is 0 Å². The average Bonchev–Trinajstić information content (AvgIpc) is 2.05. The van der Waals surface area contributed by atoms with Crippen molar-refractivity contribution in [1.29, 1.82) is 0 Å². The topological polar surface area (TPSA) is 0 Å². The van der Waals surface area contributed by atoms with Crippen molar-refractivity contribution in [2.75, 3.05) is 0 Å². The van der Waals surface area contributed by atoms with E-state index in [9.17, 15) is 0 Å². The van der Waals surface area contributed by atoms with E-state index in [4.69, 9.17) is 0 Å². The molecule has 0 saturated heterocycles. The van der Waals surface area contributed by atoms with Crippen molar-refractivity contribution in [3.8, 4) is 0 Å². The summed E-state index contributed by atoms with van der Waals surface area (Å²) in [7, 11) is 2.74. The third kappa shape index (κ3) is 2.95. The van der Waals surface area contributed by atoms with E-state index in [0.29, 0.717) is 0 Å². The lowest BCUT2D eigenvalue weighted by Crippen LogP contribution is -1.93. The normalized spacial score (nSPS) is 10.7. The van der Waals surface area contributed by atoms with Crippen LogP contribution >= 0.6 is 9.24 Å². The Kier molecular flexibility index (Phi) is 3.75. The first kappa shape index (κ1) is 9.74. The van der Waals surface area contributed by atoms with E-state index in [1.807, 2.05) is 0 Å². The predicted octanol–water partition coefficient (Wildman–Crippen LogP) is 3.26. The lowest BCUT2D eigenvalue weighted by molar-refractivity contribution is 0.647. The highest BCUT2D eigenvalue weighted by molar-refractivity contribution is 7.15. The first-order valence-corrected chi connectivity index (χ1v) is 5.32. The smallest absolute Gasteiger partial charge is 0.0128 e. The largest absolute Gasteiger partial charge is 0.133 e. The fourth-order valence-electron chi connectivity index (χ4n) is 1.28. The average molecular weight is 180 g/mol. The van der Waals surface area contributed by atoms with Gasteiger partial charge in [0.1, 0.15) is 0 Å². The Bertz CT molecular complexity index is 223. The molecule has 12 heavy (non-hydrogen) atoms. The summed E-state index contributed by atoms with van der Waals surface area (Å²) < 4.78 is 0. The summed E-state index contributed by atoms with van der Waals surface area (Å²) in [5, 5.41) is 0. The van der Waals surface area contributed by atoms with Gasteiger partial charge in [-0.15, -0.1) is 9.24 Å². The predicted molar refractivity (Wildman–Crippen MR) is 58.4 cm³/mol. The molecular weight excluding hydrogens is 163 g/mol. The van der Waals surface area contributed by atoms with Gasteiger partial charge < -0.3 is 0 Å². The molecule has 0 saturated carbocycles. The summed E-state index contributed by atoms with van der Waals surface area (Å²) in [6.07, 6.45) is 2.25. The zero-order valence-electron chi connectivity index (χ0n) is 7.88. The van der Waals surface area contributed by atoms with Crippen LogP contribution in [0.3, 0.4) is 0 Å². The molecule has 0 aliphatic heterocycles. The maximum absolute atomic E-state index is 2.74. The summed E-state index contributed by atoms with van der Waals surface area (Å²) in [5.41, 5.74) is 2.85. The van der Waals surface area contributed by atoms with Gasteiger partial charge in [0.15, 0.2) is 0 Å². The van der Waals surface area contributed by atoms with E-state index in [-0.39, 0.29) is 0 Å². The first-order chi connectivity index (χ1) is 5.72. The fourth-order valence-corrected chi connectivity index (χ4v) is 1.55. The van der Waals surface area contributed by atoms with Crippen LogP contribution in [0.15, 0.2) is 24.3 Å². The molecule has 0 amide bonds. The van der Waals surface area contributed by atoms with Crippen LogP contribution in [0.1, 0.15) is 25.0 Å². The molecule has 1 aromatic carbocycles. The molecule has 1 rings (SSSR count). The van der Waals surface area contributed by atoms with Gasteiger partial charge in [-0.05, 0) is 29.6 Å². The van der Waals surface area contributed by atoms with Crippen molar-refractivity contribution in [3.63, 3.8) is 0 Å². The van der Waals surface area contributed by atoms with E-state index in [1.54, 1.807) is 0 Å². The summed E-state index contributed by atoms with van der Waals surface area (Å²) in [6.45, 7) is 4.51. The zero-order chi connectivity index (χ0) is 8.97. The molecule has 0 fully saturated rings. The standard InChI is InChI=1S/C11H17P/c1-9(2)7-10-3-5-11(8-12)6-4-10/h3-6,9H,7-8,12H2,1-2H3. The molecular formula is C11H17P. The summed E-state index contributed by atoms with van der Waals surface area (Å²) in [6, 6.07) is 8.90. The molecule has 1 atom stereocenters. The molecule has 0 aliphatic rings. The number of hydrogen-bond donors (Lipinski definition) is 0. The number of hydrogen-bond acceptors (Lipinski definition) is 0. The van der Waals surface area contributed by atoms with Crippen molar-refractivity contribution in [2.24, 2.45) is 5.92 Å². The van der Waals surface area contributed by atoms with Crippen molar-refractivity contribution in [3.05, 3.63) is 35.4 Å². The Labute approximate surface area is 77.6 Å². The fraction of sp³-hybridized carbons (Fsp3) is 0.455. The molecule has 0 aromatic heterocycles. The Morgan fingerprint density at radius 1 is 1.08 bits per heavy atom. The second-order valence-corrected chi connectivity index (χ2v) is 4.03. The second kappa shape index (κ2) is 4.62. The highest BCUT2D eigenvalue weighted by Gasteiger charge is 1.96. The molecule has 0 spiro atoms. The minimum Gasteiger partial charge on any atom is -0.133 e. The van der Waals surface area contributed by atoms with Gasteiger partial charge in [-0.3, -0.25) is 0 Å². The van der Waals surface area contributed by atoms with Crippen LogP contribution in [0.5, 0.6) is 0 Å². The van der Waals surface area contributed by atoms with Gasteiger partial charge in [0.25, 0.3) is 0 Å². The maximum Gasteiger partial charge on any atom is -0.0128 e. The molecule has 1 unspecified atom stereocenters.